The third kappa shape index (κ3) is 7.54. The van der Waals surface area contributed by atoms with Crippen LogP contribution in [0.15, 0.2) is 54.6 Å². The second-order valence-corrected chi connectivity index (χ2v) is 8.81. The van der Waals surface area contributed by atoms with Crippen molar-refractivity contribution < 1.29 is 64.0 Å². The lowest BCUT2D eigenvalue weighted by molar-refractivity contribution is -0.151. The molecule has 0 fully saturated rings. The quantitative estimate of drug-likeness (QED) is 0.156. The molecule has 0 aromatic heterocycles. The van der Waals surface area contributed by atoms with Gasteiger partial charge in [-0.05, 0) is 65.2 Å². The van der Waals surface area contributed by atoms with E-state index in [2.05, 4.69) is 0 Å². The van der Waals surface area contributed by atoms with Gasteiger partial charge in [0.2, 0.25) is 6.10 Å². The maximum atomic E-state index is 12.3. The van der Waals surface area contributed by atoms with E-state index in [9.17, 15) is 34.8 Å². The summed E-state index contributed by atoms with van der Waals surface area (Å²) in [6.07, 6.45) is 0.477. The summed E-state index contributed by atoms with van der Waals surface area (Å²) < 4.78 is 21.3. The molecule has 43 heavy (non-hydrogen) atoms. The summed E-state index contributed by atoms with van der Waals surface area (Å²) in [4.78, 5) is 34.1. The van der Waals surface area contributed by atoms with Crippen molar-refractivity contribution in [3.63, 3.8) is 0 Å². The third-order valence-electron chi connectivity index (χ3n) is 6.07. The Hall–Kier alpha value is -5.69. The summed E-state index contributed by atoms with van der Waals surface area (Å²) in [6, 6.07) is 9.29. The number of benzene rings is 3. The number of aromatic hydroxyl groups is 2. The van der Waals surface area contributed by atoms with Crippen LogP contribution in [0.1, 0.15) is 22.8 Å². The molecule has 0 aliphatic heterocycles. The average Bonchev–Trinajstić information content (AvgIpc) is 2.98. The second kappa shape index (κ2) is 13.8. The number of hydrogen-bond donors (Lipinski definition) is 6. The van der Waals surface area contributed by atoms with Gasteiger partial charge in [-0.1, -0.05) is 6.07 Å². The number of methoxy groups -OCH3 is 3. The Morgan fingerprint density at radius 2 is 1.19 bits per heavy atom. The van der Waals surface area contributed by atoms with E-state index in [0.29, 0.717) is 5.56 Å². The lowest BCUT2D eigenvalue weighted by Gasteiger charge is -2.23. The molecule has 0 aliphatic carbocycles. The predicted molar refractivity (Wildman–Crippen MR) is 152 cm³/mol. The largest absolute Gasteiger partial charge is 0.504 e. The molecular formula is C30H28O13. The molecule has 0 spiro atoms. The van der Waals surface area contributed by atoms with Crippen molar-refractivity contribution in [2.45, 2.75) is 12.2 Å². The van der Waals surface area contributed by atoms with E-state index in [1.165, 1.54) is 75.9 Å². The molecule has 2 unspecified atom stereocenters. The Morgan fingerprint density at radius 1 is 0.674 bits per heavy atom. The number of ether oxygens (including phenoxy) is 4. The van der Waals surface area contributed by atoms with Crippen LogP contribution >= 0.6 is 0 Å². The highest BCUT2D eigenvalue weighted by atomic mass is 16.5. The number of hydrogen-bond acceptors (Lipinski definition) is 10. The summed E-state index contributed by atoms with van der Waals surface area (Å²) in [7, 11) is 3.77. The van der Waals surface area contributed by atoms with Crippen molar-refractivity contribution in [2.75, 3.05) is 21.3 Å². The topological polar surface area (TPSA) is 210 Å². The number of carboxylic acids is 3. The number of phenolic OH excluding ortho intramolecular Hbond substituents is 2. The number of carboxylic acid groups (broad SMARTS) is 3. The number of carbonyl (C=O) groups is 3. The normalized spacial score (nSPS) is 12.6. The van der Waals surface area contributed by atoms with E-state index in [4.69, 9.17) is 29.2 Å². The average molecular weight is 597 g/mol. The molecule has 0 aliphatic rings. The Labute approximate surface area is 244 Å². The van der Waals surface area contributed by atoms with Crippen LogP contribution < -0.4 is 18.9 Å². The highest BCUT2D eigenvalue weighted by Crippen LogP contribution is 2.47. The van der Waals surface area contributed by atoms with Crippen molar-refractivity contribution in [2.24, 2.45) is 0 Å². The van der Waals surface area contributed by atoms with Crippen LogP contribution in [0.4, 0.5) is 0 Å². The SMILES string of the molecule is COc1cc(/C=C/C(=O)O)ccc1OC(C(=O)O)C(O)c1cc(OC)c(O)c(-c2cc(/C=C/C(=O)O)cc(OC)c2O)c1. The van der Waals surface area contributed by atoms with Gasteiger partial charge in [-0.2, -0.15) is 0 Å². The molecule has 6 N–H and O–H groups in total. The summed E-state index contributed by atoms with van der Waals surface area (Å²) in [5.41, 5.74) is 0.445. The zero-order valence-electron chi connectivity index (χ0n) is 23.0. The fourth-order valence-corrected chi connectivity index (χ4v) is 4.03. The Kier molecular flexibility index (Phi) is 10.2. The smallest absolute Gasteiger partial charge is 0.348 e. The highest BCUT2D eigenvalue weighted by Gasteiger charge is 2.33. The Balaban J connectivity index is 2.11. The Morgan fingerprint density at radius 3 is 1.72 bits per heavy atom. The molecule has 0 radical (unpaired) electrons. The summed E-state index contributed by atoms with van der Waals surface area (Å²) in [6.45, 7) is 0. The molecule has 0 saturated heterocycles. The molecule has 0 amide bonds. The lowest BCUT2D eigenvalue weighted by atomic mass is 9.94. The fraction of sp³-hybridized carbons (Fsp3) is 0.167. The van der Waals surface area contributed by atoms with Gasteiger partial charge in [-0.25, -0.2) is 14.4 Å². The van der Waals surface area contributed by atoms with Crippen molar-refractivity contribution in [1.82, 2.24) is 0 Å². The van der Waals surface area contributed by atoms with Gasteiger partial charge in [0.1, 0.15) is 6.10 Å². The van der Waals surface area contributed by atoms with E-state index in [-0.39, 0.29) is 45.3 Å². The van der Waals surface area contributed by atoms with Crippen LogP contribution in [0.25, 0.3) is 23.3 Å². The van der Waals surface area contributed by atoms with E-state index < -0.39 is 41.6 Å². The van der Waals surface area contributed by atoms with Gasteiger partial charge in [0.05, 0.1) is 21.3 Å². The Bertz CT molecular complexity index is 1590. The summed E-state index contributed by atoms with van der Waals surface area (Å²) in [5, 5.41) is 60.8. The van der Waals surface area contributed by atoms with Crippen LogP contribution in [0.3, 0.4) is 0 Å². The molecule has 0 bridgehead atoms. The number of aliphatic hydroxyl groups excluding tert-OH is 1. The first kappa shape index (κ1) is 31.8. The second-order valence-electron chi connectivity index (χ2n) is 8.81. The van der Waals surface area contributed by atoms with E-state index in [0.717, 1.165) is 12.2 Å². The maximum absolute atomic E-state index is 12.3. The maximum Gasteiger partial charge on any atom is 0.348 e. The van der Waals surface area contributed by atoms with Gasteiger partial charge in [0.15, 0.2) is 34.5 Å². The van der Waals surface area contributed by atoms with Crippen molar-refractivity contribution in [3.8, 4) is 45.6 Å². The number of rotatable bonds is 13. The van der Waals surface area contributed by atoms with Crippen molar-refractivity contribution >= 4 is 30.1 Å². The van der Waals surface area contributed by atoms with Crippen molar-refractivity contribution in [3.05, 3.63) is 71.3 Å². The highest BCUT2D eigenvalue weighted by molar-refractivity contribution is 5.88. The predicted octanol–water partition coefficient (Wildman–Crippen LogP) is 3.55. The molecule has 0 saturated carbocycles. The van der Waals surface area contributed by atoms with Gasteiger partial charge in [-0.15, -0.1) is 0 Å². The fourth-order valence-electron chi connectivity index (χ4n) is 4.03. The minimum atomic E-state index is -1.93. The van der Waals surface area contributed by atoms with Crippen LogP contribution in [0.2, 0.25) is 0 Å². The third-order valence-corrected chi connectivity index (χ3v) is 6.07. The van der Waals surface area contributed by atoms with E-state index >= 15 is 0 Å². The molecule has 13 nitrogen and oxygen atoms in total. The van der Waals surface area contributed by atoms with E-state index in [1.54, 1.807) is 0 Å². The molecule has 13 heteroatoms. The lowest BCUT2D eigenvalue weighted by Crippen LogP contribution is -2.34. The van der Waals surface area contributed by atoms with Gasteiger partial charge < -0.3 is 49.6 Å². The number of phenols is 2. The first-order valence-corrected chi connectivity index (χ1v) is 12.3. The zero-order chi connectivity index (χ0) is 31.8. The van der Waals surface area contributed by atoms with Gasteiger partial charge in [0.25, 0.3) is 0 Å². The molecule has 226 valence electrons. The summed E-state index contributed by atoms with van der Waals surface area (Å²) >= 11 is 0. The standard InChI is InChI=1S/C30H28O13/c1-40-21-11-15(5-8-24(31)32)4-7-20(21)43-29(30(38)39)26(35)17-13-19(28(37)23(14-17)42-3)18-10-16(6-9-25(33)34)12-22(41-2)27(18)36/h4-14,26,29,35-37H,1-3H3,(H,31,32)(H,33,34)(H,38,39)/b8-5+,9-6+. The zero-order valence-corrected chi connectivity index (χ0v) is 23.0. The van der Waals surface area contributed by atoms with Crippen molar-refractivity contribution in [1.29, 1.82) is 0 Å². The monoisotopic (exact) mass is 596 g/mol. The van der Waals surface area contributed by atoms with E-state index in [1.807, 2.05) is 0 Å². The van der Waals surface area contributed by atoms with Gasteiger partial charge in [0, 0.05) is 23.3 Å². The van der Waals surface area contributed by atoms with Gasteiger partial charge >= 0.3 is 17.9 Å². The molecule has 3 aromatic rings. The van der Waals surface area contributed by atoms with Crippen LogP contribution in [0, 0.1) is 0 Å². The number of aliphatic carboxylic acids is 3. The molecule has 0 heterocycles. The molecule has 3 aromatic carbocycles. The van der Waals surface area contributed by atoms with Crippen LogP contribution in [-0.2, 0) is 14.4 Å². The van der Waals surface area contributed by atoms with Crippen LogP contribution in [0.5, 0.6) is 34.5 Å². The van der Waals surface area contributed by atoms with Crippen LogP contribution in [-0.4, -0.2) is 76.0 Å². The minimum Gasteiger partial charge on any atom is -0.504 e. The first-order valence-electron chi connectivity index (χ1n) is 12.3. The van der Waals surface area contributed by atoms with Gasteiger partial charge in [-0.3, -0.25) is 0 Å². The number of aliphatic hydroxyl groups is 1. The summed E-state index contributed by atoms with van der Waals surface area (Å²) in [5.74, 6) is -5.16. The minimum absolute atomic E-state index is 0.0475. The first-order chi connectivity index (χ1) is 20.4. The molecule has 2 atom stereocenters. The molecular weight excluding hydrogens is 568 g/mol. The molecule has 3 rings (SSSR count).